The number of halogens is 1. The molecule has 1 unspecified atom stereocenters. The molecule has 1 N–H and O–H groups in total. The van der Waals surface area contributed by atoms with E-state index in [1.807, 2.05) is 32.0 Å². The van der Waals surface area contributed by atoms with Gasteiger partial charge in [-0.15, -0.1) is 0 Å². The van der Waals surface area contributed by atoms with Crippen LogP contribution < -0.4 is 5.32 Å². The molecule has 2 nitrogen and oxygen atoms in total. The lowest BCUT2D eigenvalue weighted by Crippen LogP contribution is -2.26. The van der Waals surface area contributed by atoms with Gasteiger partial charge in [-0.05, 0) is 49.3 Å². The lowest BCUT2D eigenvalue weighted by atomic mass is 9.71. The molecule has 1 aromatic heterocycles. The van der Waals surface area contributed by atoms with Crippen molar-refractivity contribution >= 4 is 5.57 Å². The van der Waals surface area contributed by atoms with E-state index in [-0.39, 0.29) is 11.7 Å². The molecular formula is C24H31FN2. The summed E-state index contributed by atoms with van der Waals surface area (Å²) in [6, 6.07) is 5.52. The fourth-order valence-corrected chi connectivity index (χ4v) is 3.90. The first-order valence-electron chi connectivity index (χ1n) is 9.81. The average Bonchev–Trinajstić information content (AvgIpc) is 2.77. The van der Waals surface area contributed by atoms with Crippen LogP contribution in [0.15, 0.2) is 79.1 Å². The fourth-order valence-electron chi connectivity index (χ4n) is 3.90. The van der Waals surface area contributed by atoms with E-state index in [1.54, 1.807) is 18.3 Å². The van der Waals surface area contributed by atoms with Crippen LogP contribution in [-0.4, -0.2) is 4.98 Å². The Bertz CT molecular complexity index is 752. The first-order valence-corrected chi connectivity index (χ1v) is 9.81. The van der Waals surface area contributed by atoms with Gasteiger partial charge in [-0.25, -0.2) is 4.39 Å². The molecule has 0 spiro atoms. The molecule has 0 radical (unpaired) electrons. The Kier molecular flexibility index (Phi) is 7.35. The van der Waals surface area contributed by atoms with Gasteiger partial charge in [0.2, 0.25) is 0 Å². The zero-order valence-electron chi connectivity index (χ0n) is 16.8. The summed E-state index contributed by atoms with van der Waals surface area (Å²) in [6.45, 7) is 18.1. The van der Waals surface area contributed by atoms with Gasteiger partial charge in [-0.3, -0.25) is 4.98 Å². The van der Waals surface area contributed by atoms with E-state index in [0.717, 1.165) is 30.9 Å². The Morgan fingerprint density at radius 3 is 2.44 bits per heavy atom. The minimum absolute atomic E-state index is 0.178. The summed E-state index contributed by atoms with van der Waals surface area (Å²) in [5.41, 5.74) is 3.18. The highest BCUT2D eigenvalue weighted by molar-refractivity contribution is 5.84. The summed E-state index contributed by atoms with van der Waals surface area (Å²) in [4.78, 5) is 4.37. The Hall–Kier alpha value is -2.42. The van der Waals surface area contributed by atoms with Gasteiger partial charge < -0.3 is 5.32 Å². The van der Waals surface area contributed by atoms with Gasteiger partial charge in [-0.1, -0.05) is 52.7 Å². The van der Waals surface area contributed by atoms with Crippen molar-refractivity contribution in [2.24, 2.45) is 17.8 Å². The van der Waals surface area contributed by atoms with Crippen LogP contribution >= 0.6 is 0 Å². The predicted octanol–water partition coefficient (Wildman–Crippen LogP) is 6.58. The summed E-state index contributed by atoms with van der Waals surface area (Å²) in [5, 5.41) is 3.26. The van der Waals surface area contributed by atoms with Crippen molar-refractivity contribution in [2.45, 2.75) is 40.0 Å². The van der Waals surface area contributed by atoms with E-state index in [9.17, 15) is 0 Å². The standard InChI is InChI=1S/C22H25FN2.C2H6/c1-5-17-19(6-2)25-15(4)18(13-16-11-14(3)12-16)22(23)21(17)20-9-7-8-10-24-20;1-2/h5-10,14,16,18,25H,1-2,4,11-13H2,3H3;1-2H3. The van der Waals surface area contributed by atoms with E-state index in [0.29, 0.717) is 28.5 Å². The summed E-state index contributed by atoms with van der Waals surface area (Å²) in [6.07, 6.45) is 8.12. The molecule has 1 aromatic rings. The molecule has 0 amide bonds. The van der Waals surface area contributed by atoms with Gasteiger partial charge in [-0.2, -0.15) is 0 Å². The van der Waals surface area contributed by atoms with Gasteiger partial charge in [0.15, 0.2) is 0 Å². The zero-order valence-corrected chi connectivity index (χ0v) is 16.8. The molecule has 1 aliphatic heterocycles. The van der Waals surface area contributed by atoms with E-state index >= 15 is 4.39 Å². The Morgan fingerprint density at radius 1 is 1.22 bits per heavy atom. The van der Waals surface area contributed by atoms with Crippen LogP contribution in [0.4, 0.5) is 4.39 Å². The van der Waals surface area contributed by atoms with Crippen molar-refractivity contribution < 1.29 is 4.39 Å². The molecule has 1 atom stereocenters. The van der Waals surface area contributed by atoms with Crippen LogP contribution in [0.25, 0.3) is 5.57 Å². The highest BCUT2D eigenvalue weighted by Gasteiger charge is 2.34. The van der Waals surface area contributed by atoms with Gasteiger partial charge in [0.05, 0.1) is 11.6 Å². The molecule has 0 saturated heterocycles. The van der Waals surface area contributed by atoms with Crippen LogP contribution in [-0.2, 0) is 0 Å². The zero-order chi connectivity index (χ0) is 20.0. The van der Waals surface area contributed by atoms with Crippen LogP contribution in [0.1, 0.15) is 45.7 Å². The van der Waals surface area contributed by atoms with E-state index in [4.69, 9.17) is 0 Å². The third-order valence-corrected chi connectivity index (χ3v) is 5.19. The fraction of sp³-hybridized carbons (Fsp3) is 0.375. The largest absolute Gasteiger partial charge is 0.358 e. The molecule has 3 heteroatoms. The lowest BCUT2D eigenvalue weighted by molar-refractivity contribution is 0.181. The smallest absolute Gasteiger partial charge is 0.119 e. The molecule has 3 rings (SSSR count). The molecule has 1 saturated carbocycles. The first kappa shape index (κ1) is 20.9. The average molecular weight is 367 g/mol. The van der Waals surface area contributed by atoms with Crippen molar-refractivity contribution in [3.63, 3.8) is 0 Å². The van der Waals surface area contributed by atoms with Crippen LogP contribution in [0, 0.1) is 17.8 Å². The van der Waals surface area contributed by atoms with Crippen molar-refractivity contribution in [1.29, 1.82) is 0 Å². The maximum absolute atomic E-state index is 15.7. The highest BCUT2D eigenvalue weighted by atomic mass is 19.1. The van der Waals surface area contributed by atoms with Gasteiger partial charge in [0, 0.05) is 28.7 Å². The van der Waals surface area contributed by atoms with E-state index < -0.39 is 0 Å². The second-order valence-corrected chi connectivity index (χ2v) is 7.05. The number of pyridine rings is 1. The molecule has 1 aliphatic carbocycles. The number of aromatic nitrogens is 1. The lowest BCUT2D eigenvalue weighted by Gasteiger charge is -2.35. The van der Waals surface area contributed by atoms with Crippen LogP contribution in [0.3, 0.4) is 0 Å². The number of nitrogens with zero attached hydrogens (tertiary/aromatic N) is 1. The van der Waals surface area contributed by atoms with Crippen molar-refractivity contribution in [3.05, 3.63) is 84.8 Å². The summed E-state index contributed by atoms with van der Waals surface area (Å²) in [5.74, 6) is 0.751. The molecule has 2 heterocycles. The van der Waals surface area contributed by atoms with Crippen molar-refractivity contribution in [1.82, 2.24) is 10.3 Å². The second kappa shape index (κ2) is 9.50. The summed E-state index contributed by atoms with van der Waals surface area (Å²) < 4.78 is 15.7. The van der Waals surface area contributed by atoms with Gasteiger partial charge in [0.25, 0.3) is 0 Å². The van der Waals surface area contributed by atoms with E-state index in [2.05, 4.69) is 37.0 Å². The van der Waals surface area contributed by atoms with E-state index in [1.165, 1.54) is 0 Å². The molecule has 2 aliphatic rings. The topological polar surface area (TPSA) is 24.9 Å². The highest BCUT2D eigenvalue weighted by Crippen LogP contribution is 2.44. The molecule has 1 fully saturated rings. The maximum atomic E-state index is 15.7. The first-order chi connectivity index (χ1) is 13.0. The second-order valence-electron chi connectivity index (χ2n) is 7.05. The number of nitrogens with one attached hydrogen (secondary N) is 1. The van der Waals surface area contributed by atoms with Crippen LogP contribution in [0.2, 0.25) is 0 Å². The third-order valence-electron chi connectivity index (χ3n) is 5.19. The Labute approximate surface area is 163 Å². The summed E-state index contributed by atoms with van der Waals surface area (Å²) >= 11 is 0. The molecule has 0 bridgehead atoms. The SMILES string of the molecule is C=CC1=C(C=C)C(c2ccccn2)=C(F)C(CC2CC(C)C2)C(=C)N1.CC. The minimum atomic E-state index is -0.359. The quantitative estimate of drug-likeness (QED) is 0.636. The molecule has 27 heavy (non-hydrogen) atoms. The van der Waals surface area contributed by atoms with Gasteiger partial charge >= 0.3 is 0 Å². The molecule has 144 valence electrons. The molecule has 0 aromatic carbocycles. The Balaban J connectivity index is 0.00000126. The number of hydrogen-bond acceptors (Lipinski definition) is 2. The Morgan fingerprint density at radius 2 is 1.93 bits per heavy atom. The monoisotopic (exact) mass is 366 g/mol. The summed E-state index contributed by atoms with van der Waals surface area (Å²) in [7, 11) is 0. The number of allylic oxidation sites excluding steroid dienone is 5. The minimum Gasteiger partial charge on any atom is -0.358 e. The van der Waals surface area contributed by atoms with Crippen molar-refractivity contribution in [2.75, 3.05) is 0 Å². The third kappa shape index (κ3) is 4.47. The maximum Gasteiger partial charge on any atom is 0.119 e. The normalized spacial score (nSPS) is 24.9. The van der Waals surface area contributed by atoms with Crippen molar-refractivity contribution in [3.8, 4) is 0 Å². The molecular weight excluding hydrogens is 335 g/mol. The number of rotatable bonds is 5. The van der Waals surface area contributed by atoms with Crippen LogP contribution in [0.5, 0.6) is 0 Å². The van der Waals surface area contributed by atoms with Gasteiger partial charge in [0.1, 0.15) is 5.83 Å². The predicted molar refractivity (Wildman–Crippen MR) is 113 cm³/mol. The number of hydrogen-bond donors (Lipinski definition) is 1.